The zero-order chi connectivity index (χ0) is 17.6. The first-order chi connectivity index (χ1) is 12.2. The van der Waals surface area contributed by atoms with E-state index in [1.165, 1.54) is 0 Å². The van der Waals surface area contributed by atoms with Gasteiger partial charge in [0.1, 0.15) is 5.82 Å². The van der Waals surface area contributed by atoms with Gasteiger partial charge in [0.2, 0.25) is 11.9 Å². The molecule has 140 valence electrons. The molecule has 7 nitrogen and oxygen atoms in total. The van der Waals surface area contributed by atoms with Crippen molar-refractivity contribution in [2.75, 3.05) is 36.5 Å². The molecular weight excluding hydrogens is 354 g/mol. The second kappa shape index (κ2) is 9.45. The molecule has 0 unspecified atom stereocenters. The number of nitrogens with zero attached hydrogens (tertiary/aromatic N) is 4. The highest BCUT2D eigenvalue weighted by Gasteiger charge is 2.17. The fourth-order valence-electron chi connectivity index (χ4n) is 2.58. The van der Waals surface area contributed by atoms with E-state index in [4.69, 9.17) is 4.74 Å². The average molecular weight is 378 g/mol. The molecule has 1 aromatic heterocycles. The van der Waals surface area contributed by atoms with Crippen LogP contribution in [-0.2, 0) is 11.2 Å². The standard InChI is InChI=1S/C18H23N5O2.ClH/c1-3-4-15-19-17(21-16(24)14-7-5-13(2)6-8-14)22-18(20-15)23-9-11-25-12-10-23;/h5-8H,3-4,9-12H2,1-2H3,(H,19,20,21,22,24);1H. The molecule has 1 aliphatic heterocycles. The summed E-state index contributed by atoms with van der Waals surface area (Å²) in [6.45, 7) is 6.84. The van der Waals surface area contributed by atoms with Crippen molar-refractivity contribution in [1.29, 1.82) is 0 Å². The van der Waals surface area contributed by atoms with Crippen LogP contribution in [0.4, 0.5) is 11.9 Å². The third-order valence-electron chi connectivity index (χ3n) is 3.98. The van der Waals surface area contributed by atoms with Crippen molar-refractivity contribution in [3.05, 3.63) is 41.2 Å². The Morgan fingerprint density at radius 1 is 1.15 bits per heavy atom. The van der Waals surface area contributed by atoms with Gasteiger partial charge in [0.05, 0.1) is 13.2 Å². The Bertz CT molecular complexity index is 733. The fourth-order valence-corrected chi connectivity index (χ4v) is 2.58. The minimum absolute atomic E-state index is 0. The number of carbonyl (C=O) groups is 1. The van der Waals surface area contributed by atoms with Crippen LogP contribution in [0.15, 0.2) is 24.3 Å². The monoisotopic (exact) mass is 377 g/mol. The number of hydrogen-bond acceptors (Lipinski definition) is 6. The zero-order valence-electron chi connectivity index (χ0n) is 15.1. The Morgan fingerprint density at radius 3 is 2.50 bits per heavy atom. The van der Waals surface area contributed by atoms with Gasteiger partial charge in [-0.1, -0.05) is 24.6 Å². The minimum atomic E-state index is -0.221. The molecule has 0 bridgehead atoms. The van der Waals surface area contributed by atoms with Crippen LogP contribution in [0.2, 0.25) is 0 Å². The largest absolute Gasteiger partial charge is 0.378 e. The van der Waals surface area contributed by atoms with Crippen LogP contribution in [0.5, 0.6) is 0 Å². The number of nitrogens with one attached hydrogen (secondary N) is 1. The molecule has 1 N–H and O–H groups in total. The number of morpholine rings is 1. The van der Waals surface area contributed by atoms with Crippen LogP contribution in [0.3, 0.4) is 0 Å². The maximum Gasteiger partial charge on any atom is 0.258 e. The van der Waals surface area contributed by atoms with Gasteiger partial charge in [0, 0.05) is 25.1 Å². The Kier molecular flexibility index (Phi) is 7.29. The smallest absolute Gasteiger partial charge is 0.258 e. The summed E-state index contributed by atoms with van der Waals surface area (Å²) < 4.78 is 5.38. The highest BCUT2D eigenvalue weighted by molar-refractivity contribution is 6.03. The van der Waals surface area contributed by atoms with E-state index in [0.29, 0.717) is 36.5 Å². The highest BCUT2D eigenvalue weighted by atomic mass is 35.5. The highest BCUT2D eigenvalue weighted by Crippen LogP contribution is 2.14. The molecule has 0 radical (unpaired) electrons. The van der Waals surface area contributed by atoms with Crippen molar-refractivity contribution in [2.45, 2.75) is 26.7 Å². The summed E-state index contributed by atoms with van der Waals surface area (Å²) in [4.78, 5) is 27.9. The third-order valence-corrected chi connectivity index (χ3v) is 3.98. The molecule has 0 atom stereocenters. The molecule has 1 amide bonds. The number of anilines is 2. The lowest BCUT2D eigenvalue weighted by molar-refractivity contribution is 0.102. The number of ether oxygens (including phenoxy) is 1. The van der Waals surface area contributed by atoms with Crippen LogP contribution in [0.1, 0.15) is 35.1 Å². The van der Waals surface area contributed by atoms with Crippen LogP contribution < -0.4 is 10.2 Å². The predicted octanol–water partition coefficient (Wildman–Crippen LogP) is 2.64. The number of hydrogen-bond donors (Lipinski definition) is 1. The second-order valence-electron chi connectivity index (χ2n) is 6.04. The summed E-state index contributed by atoms with van der Waals surface area (Å²) in [7, 11) is 0. The Morgan fingerprint density at radius 2 is 1.85 bits per heavy atom. The van der Waals surface area contributed by atoms with Crippen molar-refractivity contribution >= 4 is 30.2 Å². The van der Waals surface area contributed by atoms with E-state index < -0.39 is 0 Å². The van der Waals surface area contributed by atoms with Crippen molar-refractivity contribution in [3.8, 4) is 0 Å². The summed E-state index contributed by atoms with van der Waals surface area (Å²) >= 11 is 0. The number of amides is 1. The van der Waals surface area contributed by atoms with Crippen molar-refractivity contribution in [2.24, 2.45) is 0 Å². The van der Waals surface area contributed by atoms with E-state index in [9.17, 15) is 4.79 Å². The molecule has 2 aromatic rings. The second-order valence-corrected chi connectivity index (χ2v) is 6.04. The van der Waals surface area contributed by atoms with Gasteiger partial charge in [-0.2, -0.15) is 15.0 Å². The molecule has 0 spiro atoms. The van der Waals surface area contributed by atoms with E-state index in [0.717, 1.165) is 31.5 Å². The molecule has 1 aliphatic rings. The van der Waals surface area contributed by atoms with Crippen molar-refractivity contribution < 1.29 is 9.53 Å². The van der Waals surface area contributed by atoms with Gasteiger partial charge in [0.25, 0.3) is 5.91 Å². The fraction of sp³-hybridized carbons (Fsp3) is 0.444. The number of benzene rings is 1. The van der Waals surface area contributed by atoms with E-state index in [2.05, 4.69) is 32.1 Å². The molecule has 26 heavy (non-hydrogen) atoms. The normalized spacial score (nSPS) is 13.8. The van der Waals surface area contributed by atoms with E-state index >= 15 is 0 Å². The summed E-state index contributed by atoms with van der Waals surface area (Å²) in [6.07, 6.45) is 1.67. The van der Waals surface area contributed by atoms with Gasteiger partial charge in [0.15, 0.2) is 0 Å². The van der Waals surface area contributed by atoms with Gasteiger partial charge in [-0.3, -0.25) is 10.1 Å². The van der Waals surface area contributed by atoms with Crippen LogP contribution in [0, 0.1) is 6.92 Å². The van der Waals surface area contributed by atoms with Gasteiger partial charge >= 0.3 is 0 Å². The average Bonchev–Trinajstić information content (AvgIpc) is 2.63. The first kappa shape index (κ1) is 20.1. The van der Waals surface area contributed by atoms with Gasteiger partial charge in [-0.05, 0) is 25.5 Å². The van der Waals surface area contributed by atoms with E-state index in [-0.39, 0.29) is 18.3 Å². The van der Waals surface area contributed by atoms with Crippen LogP contribution in [-0.4, -0.2) is 47.2 Å². The maximum absolute atomic E-state index is 12.4. The summed E-state index contributed by atoms with van der Waals surface area (Å²) in [5.74, 6) is 1.37. The minimum Gasteiger partial charge on any atom is -0.378 e. The maximum atomic E-state index is 12.4. The number of aryl methyl sites for hydroxylation is 2. The molecule has 0 saturated carbocycles. The van der Waals surface area contributed by atoms with Crippen LogP contribution in [0.25, 0.3) is 0 Å². The van der Waals surface area contributed by atoms with Gasteiger partial charge in [-0.15, -0.1) is 12.4 Å². The van der Waals surface area contributed by atoms with Gasteiger partial charge < -0.3 is 9.64 Å². The Labute approximate surface area is 159 Å². The lowest BCUT2D eigenvalue weighted by atomic mass is 10.1. The van der Waals surface area contributed by atoms with E-state index in [1.54, 1.807) is 12.1 Å². The quantitative estimate of drug-likeness (QED) is 0.862. The SMILES string of the molecule is CCCc1nc(NC(=O)c2ccc(C)cc2)nc(N2CCOCC2)n1.Cl. The van der Waals surface area contributed by atoms with Crippen molar-refractivity contribution in [3.63, 3.8) is 0 Å². The molecule has 1 fully saturated rings. The molecule has 8 heteroatoms. The number of halogens is 1. The molecule has 1 saturated heterocycles. The van der Waals surface area contributed by atoms with Crippen LogP contribution >= 0.6 is 12.4 Å². The first-order valence-corrected chi connectivity index (χ1v) is 8.61. The number of carbonyl (C=O) groups excluding carboxylic acids is 1. The Balaban J connectivity index is 0.00000243. The number of aromatic nitrogens is 3. The summed E-state index contributed by atoms with van der Waals surface area (Å²) in [5.41, 5.74) is 1.69. The molecular formula is C18H24ClN5O2. The lowest BCUT2D eigenvalue weighted by Gasteiger charge is -2.27. The summed E-state index contributed by atoms with van der Waals surface area (Å²) in [5, 5.41) is 2.80. The number of rotatable bonds is 5. The molecule has 0 aliphatic carbocycles. The molecule has 1 aromatic carbocycles. The zero-order valence-corrected chi connectivity index (χ0v) is 15.9. The molecule has 2 heterocycles. The van der Waals surface area contributed by atoms with Gasteiger partial charge in [-0.25, -0.2) is 0 Å². The lowest BCUT2D eigenvalue weighted by Crippen LogP contribution is -2.37. The third kappa shape index (κ3) is 5.12. The topological polar surface area (TPSA) is 80.2 Å². The Hall–Kier alpha value is -2.25. The summed E-state index contributed by atoms with van der Waals surface area (Å²) in [6, 6.07) is 7.40. The van der Waals surface area contributed by atoms with E-state index in [1.807, 2.05) is 19.1 Å². The molecule has 3 rings (SSSR count). The first-order valence-electron chi connectivity index (χ1n) is 8.61. The predicted molar refractivity (Wildman–Crippen MR) is 103 cm³/mol. The van der Waals surface area contributed by atoms with Crippen molar-refractivity contribution in [1.82, 2.24) is 15.0 Å².